The zero-order chi connectivity index (χ0) is 19.3. The van der Waals surface area contributed by atoms with Crippen molar-refractivity contribution in [3.05, 3.63) is 0 Å². The Labute approximate surface area is 152 Å². The molecule has 1 aliphatic heterocycles. The van der Waals surface area contributed by atoms with Crippen LogP contribution in [0.25, 0.3) is 0 Å². The standard InChI is InChI=1S/C6H12O2.3BF4.Na.H/c1-7-5-6-3-2-4-8-6;3*2-1(3,4)5;;/h6H,2-5H2,1H3;;;;;/q;3*-1;;. The van der Waals surface area contributed by atoms with Crippen molar-refractivity contribution in [1.29, 1.82) is 0 Å². The van der Waals surface area contributed by atoms with Gasteiger partial charge in [0.25, 0.3) is 0 Å². The molecule has 0 aliphatic carbocycles. The van der Waals surface area contributed by atoms with E-state index in [2.05, 4.69) is 0 Å². The van der Waals surface area contributed by atoms with Gasteiger partial charge in [0, 0.05) is 13.7 Å². The molecule has 18 heteroatoms. The molecule has 1 heterocycles. The van der Waals surface area contributed by atoms with Crippen LogP contribution in [0.2, 0.25) is 0 Å². The van der Waals surface area contributed by atoms with Gasteiger partial charge in [-0.15, -0.1) is 0 Å². The van der Waals surface area contributed by atoms with Crippen LogP contribution in [0.3, 0.4) is 0 Å². The fourth-order valence-corrected chi connectivity index (χ4v) is 0.962. The molecular formula is C6H13B3F12NaO2-3. The van der Waals surface area contributed by atoms with Crippen molar-refractivity contribution in [2.45, 2.75) is 18.9 Å². The fraction of sp³-hybridized carbons (Fsp3) is 1.00. The van der Waals surface area contributed by atoms with Crippen LogP contribution in [0.1, 0.15) is 12.8 Å². The molecule has 0 saturated carbocycles. The summed E-state index contributed by atoms with van der Waals surface area (Å²) >= 11 is 0. The number of rotatable bonds is 2. The molecule has 1 aliphatic rings. The van der Waals surface area contributed by atoms with Crippen LogP contribution in [-0.2, 0) is 9.47 Å². The summed E-state index contributed by atoms with van der Waals surface area (Å²) in [6.07, 6.45) is 2.77. The first-order valence-electron chi connectivity index (χ1n) is 5.66. The summed E-state index contributed by atoms with van der Waals surface area (Å²) in [6, 6.07) is 0. The molecule has 1 rings (SSSR count). The van der Waals surface area contributed by atoms with Gasteiger partial charge in [-0.2, -0.15) is 0 Å². The van der Waals surface area contributed by atoms with E-state index in [1.807, 2.05) is 0 Å². The summed E-state index contributed by atoms with van der Waals surface area (Å²) in [4.78, 5) is 0. The van der Waals surface area contributed by atoms with Gasteiger partial charge in [-0.25, -0.2) is 0 Å². The average Bonchev–Trinajstić information content (AvgIpc) is 2.62. The van der Waals surface area contributed by atoms with Gasteiger partial charge in [-0.3, -0.25) is 0 Å². The Morgan fingerprint density at radius 3 is 1.25 bits per heavy atom. The minimum absolute atomic E-state index is 0. The minimum atomic E-state index is -6.00. The summed E-state index contributed by atoms with van der Waals surface area (Å²) in [5.74, 6) is 0. The van der Waals surface area contributed by atoms with Gasteiger partial charge in [0.2, 0.25) is 0 Å². The molecule has 146 valence electrons. The second-order valence-corrected chi connectivity index (χ2v) is 3.57. The number of halogens is 12. The maximum atomic E-state index is 9.75. The predicted molar refractivity (Wildman–Crippen MR) is 68.6 cm³/mol. The summed E-state index contributed by atoms with van der Waals surface area (Å²) in [7, 11) is -16.3. The van der Waals surface area contributed by atoms with E-state index >= 15 is 0 Å². The van der Waals surface area contributed by atoms with Crippen LogP contribution in [-0.4, -0.2) is 77.7 Å². The van der Waals surface area contributed by atoms with E-state index in [4.69, 9.17) is 9.47 Å². The Morgan fingerprint density at radius 2 is 1.08 bits per heavy atom. The zero-order valence-corrected chi connectivity index (χ0v) is 11.5. The third kappa shape index (κ3) is 95.5. The second-order valence-electron chi connectivity index (χ2n) is 3.57. The molecule has 1 unspecified atom stereocenters. The van der Waals surface area contributed by atoms with E-state index in [-0.39, 0.29) is 29.6 Å². The van der Waals surface area contributed by atoms with Crippen LogP contribution in [0.4, 0.5) is 51.8 Å². The first kappa shape index (κ1) is 32.0. The van der Waals surface area contributed by atoms with Crippen molar-refractivity contribution in [3.8, 4) is 0 Å². The van der Waals surface area contributed by atoms with Gasteiger partial charge < -0.3 is 61.3 Å². The molecule has 1 saturated heterocycles. The van der Waals surface area contributed by atoms with Crippen molar-refractivity contribution in [2.24, 2.45) is 0 Å². The SMILES string of the molecule is COCC1CCCO1.F[B-](F)(F)F.F[B-](F)(F)F.F[B-](F)(F)F.[NaH]. The summed E-state index contributed by atoms with van der Waals surface area (Å²) < 4.78 is 127. The van der Waals surface area contributed by atoms with Crippen LogP contribution >= 0.6 is 0 Å². The van der Waals surface area contributed by atoms with Crippen LogP contribution in [0.15, 0.2) is 0 Å². The summed E-state index contributed by atoms with van der Waals surface area (Å²) in [6.45, 7) is 1.69. The van der Waals surface area contributed by atoms with E-state index in [9.17, 15) is 51.8 Å². The van der Waals surface area contributed by atoms with Crippen LogP contribution in [0, 0.1) is 0 Å². The average molecular weight is 401 g/mol. The van der Waals surface area contributed by atoms with E-state index in [0.717, 1.165) is 13.2 Å². The molecule has 0 bridgehead atoms. The molecule has 0 spiro atoms. The van der Waals surface area contributed by atoms with Gasteiger partial charge in [0.15, 0.2) is 0 Å². The van der Waals surface area contributed by atoms with Crippen molar-refractivity contribution < 1.29 is 61.3 Å². The summed E-state index contributed by atoms with van der Waals surface area (Å²) in [5, 5.41) is 0. The monoisotopic (exact) mass is 401 g/mol. The molecule has 24 heavy (non-hydrogen) atoms. The van der Waals surface area contributed by atoms with Gasteiger partial charge in [-0.05, 0) is 12.8 Å². The Kier molecular flexibility index (Phi) is 20.7. The molecule has 0 aromatic rings. The van der Waals surface area contributed by atoms with Gasteiger partial charge in [0.05, 0.1) is 12.7 Å². The van der Waals surface area contributed by atoms with E-state index in [0.29, 0.717) is 6.10 Å². The fourth-order valence-electron chi connectivity index (χ4n) is 0.962. The second kappa shape index (κ2) is 15.5. The Hall–Kier alpha value is 0.275. The molecular weight excluding hydrogens is 387 g/mol. The van der Waals surface area contributed by atoms with Crippen molar-refractivity contribution in [1.82, 2.24) is 0 Å². The van der Waals surface area contributed by atoms with Crippen molar-refractivity contribution in [3.63, 3.8) is 0 Å². The van der Waals surface area contributed by atoms with E-state index in [1.54, 1.807) is 7.11 Å². The van der Waals surface area contributed by atoms with E-state index < -0.39 is 21.8 Å². The molecule has 0 aromatic carbocycles. The number of hydrogen-bond acceptors (Lipinski definition) is 2. The maximum absolute atomic E-state index is 9.75. The molecule has 0 radical (unpaired) electrons. The zero-order valence-electron chi connectivity index (χ0n) is 11.5. The predicted octanol–water partition coefficient (Wildman–Crippen LogP) is 4.06. The topological polar surface area (TPSA) is 18.5 Å². The normalized spacial score (nSPS) is 17.1. The van der Waals surface area contributed by atoms with Gasteiger partial charge in [0.1, 0.15) is 0 Å². The Balaban J connectivity index is -0.000000113. The van der Waals surface area contributed by atoms with Crippen molar-refractivity contribution >= 4 is 51.3 Å². The third-order valence-corrected chi connectivity index (χ3v) is 1.38. The number of ether oxygens (including phenoxy) is 2. The molecule has 0 aromatic heterocycles. The molecule has 0 N–H and O–H groups in total. The first-order valence-corrected chi connectivity index (χ1v) is 5.66. The first-order chi connectivity index (χ1) is 9.93. The van der Waals surface area contributed by atoms with Gasteiger partial charge >= 0.3 is 51.3 Å². The molecule has 0 amide bonds. The van der Waals surface area contributed by atoms with Crippen molar-refractivity contribution in [2.75, 3.05) is 20.3 Å². The number of hydrogen-bond donors (Lipinski definition) is 0. The Bertz CT molecular complexity index is 220. The van der Waals surface area contributed by atoms with Crippen LogP contribution in [0.5, 0.6) is 0 Å². The Morgan fingerprint density at radius 1 is 0.792 bits per heavy atom. The van der Waals surface area contributed by atoms with E-state index in [1.165, 1.54) is 12.8 Å². The number of methoxy groups -OCH3 is 1. The molecule has 2 nitrogen and oxygen atoms in total. The quantitative estimate of drug-likeness (QED) is 0.514. The molecule has 1 atom stereocenters. The van der Waals surface area contributed by atoms with Crippen LogP contribution < -0.4 is 0 Å². The molecule has 1 fully saturated rings. The van der Waals surface area contributed by atoms with Gasteiger partial charge in [-0.1, -0.05) is 0 Å². The summed E-state index contributed by atoms with van der Waals surface area (Å²) in [5.41, 5.74) is 0. The third-order valence-electron chi connectivity index (χ3n) is 1.38.